The highest BCUT2D eigenvalue weighted by molar-refractivity contribution is 5.91. The summed E-state index contributed by atoms with van der Waals surface area (Å²) >= 11 is 0. The van der Waals surface area contributed by atoms with Crippen molar-refractivity contribution in [3.8, 4) is 0 Å². The summed E-state index contributed by atoms with van der Waals surface area (Å²) in [5, 5.41) is 0. The topological polar surface area (TPSA) is 36.7 Å². The molecule has 4 nitrogen and oxygen atoms in total. The summed E-state index contributed by atoms with van der Waals surface area (Å²) in [4.78, 5) is 17.3. The Labute approximate surface area is 201 Å². The molecule has 0 fully saturated rings. The SMILES string of the molecule is CCN(CC)CCN(CC)C(=O)c1ccc(Cc2cc3c(cc2C)C(C)(C)CCC3(C)C)o1. The normalized spacial score (nSPS) is 16.6. The van der Waals surface area contributed by atoms with E-state index in [1.807, 2.05) is 24.0 Å². The monoisotopic (exact) mass is 452 g/mol. The number of nitrogens with zero attached hydrogens (tertiary/aromatic N) is 2. The predicted molar refractivity (Wildman–Crippen MR) is 137 cm³/mol. The lowest BCUT2D eigenvalue weighted by atomic mass is 9.62. The summed E-state index contributed by atoms with van der Waals surface area (Å²) in [6.45, 7) is 22.3. The van der Waals surface area contributed by atoms with E-state index in [4.69, 9.17) is 4.42 Å². The fourth-order valence-electron chi connectivity index (χ4n) is 5.09. The third-order valence-electron chi connectivity index (χ3n) is 7.80. The van der Waals surface area contributed by atoms with Crippen LogP contribution in [0.2, 0.25) is 0 Å². The number of likely N-dealkylation sites (N-methyl/N-ethyl adjacent to an activating group) is 2. The number of carbonyl (C=O) groups is 1. The highest BCUT2D eigenvalue weighted by Crippen LogP contribution is 2.46. The zero-order valence-electron chi connectivity index (χ0n) is 22.2. The lowest BCUT2D eigenvalue weighted by Crippen LogP contribution is -2.38. The molecule has 182 valence electrons. The Hall–Kier alpha value is -2.07. The first kappa shape index (κ1) is 25.6. The summed E-state index contributed by atoms with van der Waals surface area (Å²) in [7, 11) is 0. The van der Waals surface area contributed by atoms with Gasteiger partial charge in [-0.15, -0.1) is 0 Å². The Kier molecular flexibility index (Phi) is 7.78. The van der Waals surface area contributed by atoms with Crippen molar-refractivity contribution in [1.29, 1.82) is 0 Å². The van der Waals surface area contributed by atoms with Gasteiger partial charge in [0.25, 0.3) is 5.91 Å². The average molecular weight is 453 g/mol. The van der Waals surface area contributed by atoms with E-state index in [-0.39, 0.29) is 16.7 Å². The highest BCUT2D eigenvalue weighted by atomic mass is 16.4. The summed E-state index contributed by atoms with van der Waals surface area (Å²) in [5.74, 6) is 1.29. The molecular formula is C29H44N2O2. The Morgan fingerprint density at radius 1 is 0.909 bits per heavy atom. The molecule has 33 heavy (non-hydrogen) atoms. The molecule has 0 spiro atoms. The minimum atomic E-state index is -0.0130. The van der Waals surface area contributed by atoms with Crippen molar-refractivity contribution in [3.05, 3.63) is 58.0 Å². The van der Waals surface area contributed by atoms with Crippen molar-refractivity contribution in [2.75, 3.05) is 32.7 Å². The number of aryl methyl sites for hydroxylation is 1. The van der Waals surface area contributed by atoms with Gasteiger partial charge in [0.2, 0.25) is 0 Å². The van der Waals surface area contributed by atoms with Crippen LogP contribution in [0.1, 0.15) is 99.9 Å². The molecule has 1 amide bonds. The Morgan fingerprint density at radius 3 is 2.09 bits per heavy atom. The van der Waals surface area contributed by atoms with Gasteiger partial charge in [-0.1, -0.05) is 53.7 Å². The number of hydrogen-bond acceptors (Lipinski definition) is 3. The maximum atomic E-state index is 13.1. The molecule has 0 N–H and O–H groups in total. The van der Waals surface area contributed by atoms with Crippen LogP contribution in [-0.4, -0.2) is 48.4 Å². The van der Waals surface area contributed by atoms with Gasteiger partial charge in [0.1, 0.15) is 5.76 Å². The van der Waals surface area contributed by atoms with Gasteiger partial charge in [-0.2, -0.15) is 0 Å². The fourth-order valence-corrected chi connectivity index (χ4v) is 5.09. The van der Waals surface area contributed by atoms with E-state index in [1.165, 1.54) is 35.1 Å². The van der Waals surface area contributed by atoms with E-state index in [0.717, 1.165) is 31.9 Å². The third-order valence-corrected chi connectivity index (χ3v) is 7.80. The molecule has 0 bridgehead atoms. The minimum absolute atomic E-state index is 0.0130. The van der Waals surface area contributed by atoms with Crippen molar-refractivity contribution in [2.24, 2.45) is 0 Å². The van der Waals surface area contributed by atoms with Crippen molar-refractivity contribution in [1.82, 2.24) is 9.80 Å². The smallest absolute Gasteiger partial charge is 0.289 e. The van der Waals surface area contributed by atoms with Crippen LogP contribution >= 0.6 is 0 Å². The molecule has 0 unspecified atom stereocenters. The zero-order valence-corrected chi connectivity index (χ0v) is 22.2. The average Bonchev–Trinajstić information content (AvgIpc) is 3.24. The fraction of sp³-hybridized carbons (Fsp3) is 0.621. The van der Waals surface area contributed by atoms with Crippen LogP contribution in [0.25, 0.3) is 0 Å². The van der Waals surface area contributed by atoms with E-state index >= 15 is 0 Å². The van der Waals surface area contributed by atoms with Crippen molar-refractivity contribution >= 4 is 5.91 Å². The quantitative estimate of drug-likeness (QED) is 0.446. The van der Waals surface area contributed by atoms with Gasteiger partial charge >= 0.3 is 0 Å². The molecular weight excluding hydrogens is 408 g/mol. The van der Waals surface area contributed by atoms with Gasteiger partial charge in [-0.3, -0.25) is 4.79 Å². The summed E-state index contributed by atoms with van der Waals surface area (Å²) < 4.78 is 6.08. The first-order valence-corrected chi connectivity index (χ1v) is 12.8. The van der Waals surface area contributed by atoms with Gasteiger partial charge in [0, 0.05) is 26.1 Å². The Bertz CT molecular complexity index is 966. The van der Waals surface area contributed by atoms with Crippen LogP contribution in [0, 0.1) is 6.92 Å². The minimum Gasteiger partial charge on any atom is -0.456 e. The second-order valence-corrected chi connectivity index (χ2v) is 10.9. The first-order chi connectivity index (χ1) is 15.5. The number of furan rings is 1. The number of amides is 1. The van der Waals surface area contributed by atoms with Crippen molar-refractivity contribution < 1.29 is 9.21 Å². The van der Waals surface area contributed by atoms with Gasteiger partial charge < -0.3 is 14.2 Å². The molecule has 2 aromatic rings. The first-order valence-electron chi connectivity index (χ1n) is 12.8. The maximum absolute atomic E-state index is 13.1. The molecule has 1 heterocycles. The molecule has 0 aliphatic heterocycles. The lowest BCUT2D eigenvalue weighted by Gasteiger charge is -2.42. The van der Waals surface area contributed by atoms with Crippen LogP contribution in [0.4, 0.5) is 0 Å². The molecule has 0 saturated heterocycles. The van der Waals surface area contributed by atoms with E-state index < -0.39 is 0 Å². The van der Waals surface area contributed by atoms with E-state index in [9.17, 15) is 4.79 Å². The summed E-state index contributed by atoms with van der Waals surface area (Å²) in [5.41, 5.74) is 5.95. The largest absolute Gasteiger partial charge is 0.456 e. The molecule has 0 radical (unpaired) electrons. The van der Waals surface area contributed by atoms with Crippen LogP contribution < -0.4 is 0 Å². The van der Waals surface area contributed by atoms with Crippen molar-refractivity contribution in [3.63, 3.8) is 0 Å². The second kappa shape index (κ2) is 10.0. The maximum Gasteiger partial charge on any atom is 0.289 e. The van der Waals surface area contributed by atoms with Gasteiger partial charge in [-0.25, -0.2) is 0 Å². The van der Waals surface area contributed by atoms with Crippen LogP contribution in [0.5, 0.6) is 0 Å². The van der Waals surface area contributed by atoms with Gasteiger partial charge in [0.15, 0.2) is 5.76 Å². The highest BCUT2D eigenvalue weighted by Gasteiger charge is 2.37. The zero-order chi connectivity index (χ0) is 24.4. The van der Waals surface area contributed by atoms with Crippen LogP contribution in [0.3, 0.4) is 0 Å². The second-order valence-electron chi connectivity index (χ2n) is 10.9. The summed E-state index contributed by atoms with van der Waals surface area (Å²) in [6.07, 6.45) is 3.14. The standard InChI is InChI=1S/C29H44N2O2/c1-9-30(10-2)16-17-31(11-3)27(32)26-13-12-23(33-26)19-22-20-25-24(18-21(22)4)28(5,6)14-15-29(25,7)8/h12-13,18,20H,9-11,14-17,19H2,1-8H3. The molecule has 0 atom stereocenters. The molecule has 1 aromatic carbocycles. The van der Waals surface area contributed by atoms with Gasteiger partial charge in [-0.05, 0) is 85.0 Å². The van der Waals surface area contributed by atoms with Gasteiger partial charge in [0.05, 0.1) is 0 Å². The van der Waals surface area contributed by atoms with E-state index in [1.54, 1.807) is 0 Å². The van der Waals surface area contributed by atoms with E-state index in [0.29, 0.717) is 18.7 Å². The van der Waals surface area contributed by atoms with Crippen LogP contribution in [0.15, 0.2) is 28.7 Å². The third kappa shape index (κ3) is 5.54. The number of benzene rings is 1. The molecule has 3 rings (SSSR count). The number of hydrogen-bond donors (Lipinski definition) is 0. The molecule has 4 heteroatoms. The number of rotatable bonds is 9. The molecule has 0 saturated carbocycles. The van der Waals surface area contributed by atoms with E-state index in [2.05, 4.69) is 65.5 Å². The number of fused-ring (bicyclic) bond motifs is 1. The summed E-state index contributed by atoms with van der Waals surface area (Å²) in [6, 6.07) is 8.61. The van der Waals surface area contributed by atoms with Crippen LogP contribution in [-0.2, 0) is 17.3 Å². The van der Waals surface area contributed by atoms with Crippen molar-refractivity contribution in [2.45, 2.75) is 85.5 Å². The Morgan fingerprint density at radius 2 is 1.52 bits per heavy atom. The Balaban J connectivity index is 1.78. The lowest BCUT2D eigenvalue weighted by molar-refractivity contribution is 0.0713. The molecule has 1 aliphatic rings. The molecule has 1 aromatic heterocycles. The number of carbonyl (C=O) groups excluding carboxylic acids is 1. The molecule has 1 aliphatic carbocycles. The predicted octanol–water partition coefficient (Wildman–Crippen LogP) is 6.33.